The van der Waals surface area contributed by atoms with Gasteiger partial charge in [-0.15, -0.1) is 0 Å². The van der Waals surface area contributed by atoms with Gasteiger partial charge in [0.25, 0.3) is 0 Å². The van der Waals surface area contributed by atoms with E-state index in [1.54, 1.807) is 6.20 Å². The number of anilines is 2. The summed E-state index contributed by atoms with van der Waals surface area (Å²) < 4.78 is 0. The maximum absolute atomic E-state index is 6.26. The lowest BCUT2D eigenvalue weighted by atomic mass is 10.1. The smallest absolute Gasteiger partial charge is 0.224 e. The van der Waals surface area contributed by atoms with Crippen LogP contribution in [0, 0.1) is 0 Å². The fourth-order valence-electron chi connectivity index (χ4n) is 2.67. The monoisotopic (exact) mass is 282 g/mol. The number of hydrogen-bond acceptors (Lipinski definition) is 4. The summed E-state index contributed by atoms with van der Waals surface area (Å²) >= 11 is 6.26. The van der Waals surface area contributed by atoms with Crippen molar-refractivity contribution in [3.8, 4) is 0 Å². The summed E-state index contributed by atoms with van der Waals surface area (Å²) in [6.07, 6.45) is 9.46. The summed E-state index contributed by atoms with van der Waals surface area (Å²) in [5, 5.41) is 3.77. The molecule has 1 fully saturated rings. The zero-order valence-corrected chi connectivity index (χ0v) is 12.6. The molecule has 0 amide bonds. The molecule has 0 radical (unpaired) electrons. The SMILES string of the molecule is CCNc1ncc(Cl)c(N(C)C2CCCCCC2)n1. The van der Waals surface area contributed by atoms with Crippen molar-refractivity contribution in [3.05, 3.63) is 11.2 Å². The van der Waals surface area contributed by atoms with Crippen molar-refractivity contribution >= 4 is 23.4 Å². The van der Waals surface area contributed by atoms with Crippen LogP contribution >= 0.6 is 11.6 Å². The molecule has 1 aromatic heterocycles. The summed E-state index contributed by atoms with van der Waals surface area (Å²) in [6, 6.07) is 0.546. The van der Waals surface area contributed by atoms with Gasteiger partial charge in [0, 0.05) is 19.6 Å². The Kier molecular flexibility index (Phi) is 5.25. The van der Waals surface area contributed by atoms with Crippen LogP contribution in [-0.2, 0) is 0 Å². The van der Waals surface area contributed by atoms with Crippen molar-refractivity contribution in [2.24, 2.45) is 0 Å². The molecule has 1 N–H and O–H groups in total. The first-order valence-electron chi connectivity index (χ1n) is 7.21. The van der Waals surface area contributed by atoms with E-state index in [0.717, 1.165) is 12.4 Å². The van der Waals surface area contributed by atoms with Gasteiger partial charge < -0.3 is 10.2 Å². The Labute approximate surface area is 120 Å². The molecule has 0 bridgehead atoms. The van der Waals surface area contributed by atoms with Crippen LogP contribution in [0.15, 0.2) is 6.20 Å². The van der Waals surface area contributed by atoms with E-state index in [2.05, 4.69) is 27.2 Å². The van der Waals surface area contributed by atoms with Crippen LogP contribution in [0.2, 0.25) is 5.02 Å². The molecule has 4 nitrogen and oxygen atoms in total. The van der Waals surface area contributed by atoms with Gasteiger partial charge >= 0.3 is 0 Å². The third-order valence-corrected chi connectivity index (χ3v) is 4.03. The van der Waals surface area contributed by atoms with Gasteiger partial charge in [0.05, 0.1) is 6.20 Å². The van der Waals surface area contributed by atoms with E-state index < -0.39 is 0 Å². The summed E-state index contributed by atoms with van der Waals surface area (Å²) in [5.74, 6) is 1.50. The molecule has 0 aromatic carbocycles. The predicted molar refractivity (Wildman–Crippen MR) is 81.1 cm³/mol. The highest BCUT2D eigenvalue weighted by molar-refractivity contribution is 6.32. The van der Waals surface area contributed by atoms with E-state index in [9.17, 15) is 0 Å². The normalized spacial score (nSPS) is 17.0. The molecule has 106 valence electrons. The van der Waals surface area contributed by atoms with Crippen LogP contribution in [0.1, 0.15) is 45.4 Å². The van der Waals surface area contributed by atoms with E-state index >= 15 is 0 Å². The minimum atomic E-state index is 0.546. The van der Waals surface area contributed by atoms with Gasteiger partial charge in [0.1, 0.15) is 5.02 Å². The molecular formula is C14H23ClN4. The molecule has 1 heterocycles. The van der Waals surface area contributed by atoms with Gasteiger partial charge in [0.15, 0.2) is 5.82 Å². The number of hydrogen-bond donors (Lipinski definition) is 1. The highest BCUT2D eigenvalue weighted by Gasteiger charge is 2.20. The molecule has 0 aliphatic heterocycles. The van der Waals surface area contributed by atoms with Crippen molar-refractivity contribution in [2.45, 2.75) is 51.5 Å². The van der Waals surface area contributed by atoms with Crippen molar-refractivity contribution in [1.29, 1.82) is 0 Å². The van der Waals surface area contributed by atoms with Crippen molar-refractivity contribution in [1.82, 2.24) is 9.97 Å². The average molecular weight is 283 g/mol. The van der Waals surface area contributed by atoms with Gasteiger partial charge in [-0.3, -0.25) is 0 Å². The Morgan fingerprint density at radius 3 is 2.63 bits per heavy atom. The average Bonchev–Trinajstić information content (AvgIpc) is 2.69. The minimum Gasteiger partial charge on any atom is -0.355 e. The fraction of sp³-hybridized carbons (Fsp3) is 0.714. The lowest BCUT2D eigenvalue weighted by Crippen LogP contribution is -2.32. The van der Waals surface area contributed by atoms with Crippen molar-refractivity contribution in [2.75, 3.05) is 23.8 Å². The van der Waals surface area contributed by atoms with E-state index in [1.807, 2.05) is 6.92 Å². The topological polar surface area (TPSA) is 41.1 Å². The Morgan fingerprint density at radius 1 is 1.32 bits per heavy atom. The molecule has 1 aliphatic carbocycles. The van der Waals surface area contributed by atoms with Crippen molar-refractivity contribution in [3.63, 3.8) is 0 Å². The lowest BCUT2D eigenvalue weighted by Gasteiger charge is -2.29. The Bertz CT molecular complexity index is 402. The molecule has 0 unspecified atom stereocenters. The van der Waals surface area contributed by atoms with E-state index in [1.165, 1.54) is 38.5 Å². The quantitative estimate of drug-likeness (QED) is 0.855. The Hall–Kier alpha value is -1.03. The fourth-order valence-corrected chi connectivity index (χ4v) is 2.89. The van der Waals surface area contributed by atoms with Crippen LogP contribution in [0.5, 0.6) is 0 Å². The molecular weight excluding hydrogens is 260 g/mol. The summed E-state index contributed by atoms with van der Waals surface area (Å²) in [4.78, 5) is 11.0. The number of nitrogens with one attached hydrogen (secondary N) is 1. The Balaban J connectivity index is 2.16. The van der Waals surface area contributed by atoms with Gasteiger partial charge in [-0.1, -0.05) is 37.3 Å². The minimum absolute atomic E-state index is 0.546. The first kappa shape index (κ1) is 14.4. The molecule has 5 heteroatoms. The molecule has 0 atom stereocenters. The standard InChI is InChI=1S/C14H23ClN4/c1-3-16-14-17-10-12(15)13(18-14)19(2)11-8-6-4-5-7-9-11/h10-11H,3-9H2,1-2H3,(H,16,17,18). The molecule has 1 saturated carbocycles. The maximum atomic E-state index is 6.26. The highest BCUT2D eigenvalue weighted by Crippen LogP contribution is 2.29. The van der Waals surface area contributed by atoms with Gasteiger partial charge in [0.2, 0.25) is 5.95 Å². The van der Waals surface area contributed by atoms with Crippen LogP contribution in [0.4, 0.5) is 11.8 Å². The highest BCUT2D eigenvalue weighted by atomic mass is 35.5. The summed E-state index contributed by atoms with van der Waals surface area (Å²) in [6.45, 7) is 2.85. The Morgan fingerprint density at radius 2 is 2.00 bits per heavy atom. The number of nitrogens with zero attached hydrogens (tertiary/aromatic N) is 3. The second-order valence-corrected chi connectivity index (χ2v) is 5.56. The second kappa shape index (κ2) is 6.94. The van der Waals surface area contributed by atoms with E-state index in [-0.39, 0.29) is 0 Å². The largest absolute Gasteiger partial charge is 0.355 e. The zero-order chi connectivity index (χ0) is 13.7. The molecule has 1 aromatic rings. The number of halogens is 1. The predicted octanol–water partition coefficient (Wildman–Crippen LogP) is 3.72. The van der Waals surface area contributed by atoms with E-state index in [0.29, 0.717) is 17.0 Å². The molecule has 0 spiro atoms. The molecule has 0 saturated heterocycles. The lowest BCUT2D eigenvalue weighted by molar-refractivity contribution is 0.549. The van der Waals surface area contributed by atoms with Crippen LogP contribution in [0.3, 0.4) is 0 Å². The third-order valence-electron chi connectivity index (χ3n) is 3.77. The first-order valence-corrected chi connectivity index (χ1v) is 7.59. The van der Waals surface area contributed by atoms with E-state index in [4.69, 9.17) is 11.6 Å². The molecule has 19 heavy (non-hydrogen) atoms. The second-order valence-electron chi connectivity index (χ2n) is 5.15. The van der Waals surface area contributed by atoms with Gasteiger partial charge in [-0.25, -0.2) is 4.98 Å². The molecule has 2 rings (SSSR count). The van der Waals surface area contributed by atoms with Gasteiger partial charge in [-0.05, 0) is 19.8 Å². The van der Waals surface area contributed by atoms with Crippen molar-refractivity contribution < 1.29 is 0 Å². The van der Waals surface area contributed by atoms with Crippen LogP contribution in [0.25, 0.3) is 0 Å². The van der Waals surface area contributed by atoms with Crippen LogP contribution < -0.4 is 10.2 Å². The first-order chi connectivity index (χ1) is 9.22. The number of aromatic nitrogens is 2. The zero-order valence-electron chi connectivity index (χ0n) is 11.8. The molecule has 1 aliphatic rings. The maximum Gasteiger partial charge on any atom is 0.224 e. The van der Waals surface area contributed by atoms with Gasteiger partial charge in [-0.2, -0.15) is 4.98 Å². The number of rotatable bonds is 4. The summed E-state index contributed by atoms with van der Waals surface area (Å²) in [5.41, 5.74) is 0. The van der Waals surface area contributed by atoms with Crippen LogP contribution in [-0.4, -0.2) is 29.6 Å². The summed E-state index contributed by atoms with van der Waals surface area (Å²) in [7, 11) is 2.10. The third kappa shape index (κ3) is 3.72.